The van der Waals surface area contributed by atoms with Crippen LogP contribution in [-0.2, 0) is 13.1 Å². The van der Waals surface area contributed by atoms with Crippen LogP contribution in [0, 0.1) is 0 Å². The summed E-state index contributed by atoms with van der Waals surface area (Å²) in [6, 6.07) is 7.83. The van der Waals surface area contributed by atoms with Crippen molar-refractivity contribution in [1.82, 2.24) is 14.7 Å². The van der Waals surface area contributed by atoms with Crippen LogP contribution in [0.25, 0.3) is 0 Å². The van der Waals surface area contributed by atoms with Crippen LogP contribution in [-0.4, -0.2) is 41.0 Å². The normalized spacial score (nSPS) is 16.4. The quantitative estimate of drug-likeness (QED) is 0.821. The van der Waals surface area contributed by atoms with Gasteiger partial charge < -0.3 is 9.47 Å². The number of piperidine rings is 1. The molecule has 0 saturated carbocycles. The van der Waals surface area contributed by atoms with Gasteiger partial charge in [-0.15, -0.1) is 0 Å². The van der Waals surface area contributed by atoms with Crippen molar-refractivity contribution >= 4 is 0 Å². The molecule has 0 radical (unpaired) electrons. The highest BCUT2D eigenvalue weighted by molar-refractivity contribution is 5.31. The molecule has 5 nitrogen and oxygen atoms in total. The Morgan fingerprint density at radius 1 is 1.13 bits per heavy atom. The van der Waals surface area contributed by atoms with Crippen molar-refractivity contribution in [2.24, 2.45) is 0 Å². The molecule has 1 aromatic carbocycles. The Morgan fingerprint density at radius 2 is 1.83 bits per heavy atom. The highest BCUT2D eigenvalue weighted by atomic mass is 16.5. The predicted octanol–water partition coefficient (Wildman–Crippen LogP) is 2.96. The maximum atomic E-state index is 6.08. The van der Waals surface area contributed by atoms with Gasteiger partial charge in [-0.05, 0) is 44.0 Å². The molecule has 0 spiro atoms. The Labute approximate surface area is 137 Å². The highest BCUT2D eigenvalue weighted by Gasteiger charge is 2.20. The molecule has 1 aromatic heterocycles. The Kier molecular flexibility index (Phi) is 5.18. The van der Waals surface area contributed by atoms with E-state index in [-0.39, 0.29) is 0 Å². The van der Waals surface area contributed by atoms with E-state index in [1.165, 1.54) is 5.56 Å². The van der Waals surface area contributed by atoms with Gasteiger partial charge in [-0.25, -0.2) is 0 Å². The second-order valence-corrected chi connectivity index (χ2v) is 5.97. The lowest BCUT2D eigenvalue weighted by atomic mass is 10.1. The maximum absolute atomic E-state index is 6.08. The second-order valence-electron chi connectivity index (χ2n) is 5.97. The summed E-state index contributed by atoms with van der Waals surface area (Å²) in [4.78, 5) is 2.48. The van der Waals surface area contributed by atoms with Gasteiger partial charge in [0.05, 0.1) is 13.3 Å². The summed E-state index contributed by atoms with van der Waals surface area (Å²) >= 11 is 0. The predicted molar refractivity (Wildman–Crippen MR) is 89.8 cm³/mol. The van der Waals surface area contributed by atoms with Gasteiger partial charge in [-0.2, -0.15) is 5.10 Å². The first-order valence-corrected chi connectivity index (χ1v) is 8.31. The molecule has 0 N–H and O–H groups in total. The second kappa shape index (κ2) is 7.51. The molecule has 0 bridgehead atoms. The molecule has 1 fully saturated rings. The third kappa shape index (κ3) is 4.26. The van der Waals surface area contributed by atoms with Crippen molar-refractivity contribution in [2.75, 3.05) is 20.2 Å². The summed E-state index contributed by atoms with van der Waals surface area (Å²) < 4.78 is 13.2. The fraction of sp³-hybridized carbons (Fsp3) is 0.500. The lowest BCUT2D eigenvalue weighted by Crippen LogP contribution is -2.37. The standard InChI is InChI=1S/C18H25N3O2/c1-3-21-14-15(12-19-21)13-20-10-8-18(9-11-20)23-17-6-4-16(22-2)5-7-17/h4-7,12,14,18H,3,8-11,13H2,1-2H3. The summed E-state index contributed by atoms with van der Waals surface area (Å²) in [7, 11) is 1.68. The number of benzene rings is 1. The number of aryl methyl sites for hydroxylation is 1. The Bertz CT molecular complexity index is 601. The molecule has 1 saturated heterocycles. The van der Waals surface area contributed by atoms with Crippen molar-refractivity contribution in [3.8, 4) is 11.5 Å². The van der Waals surface area contributed by atoms with Gasteiger partial charge in [0.15, 0.2) is 0 Å². The zero-order chi connectivity index (χ0) is 16.1. The van der Waals surface area contributed by atoms with Crippen molar-refractivity contribution in [3.63, 3.8) is 0 Å². The van der Waals surface area contributed by atoms with E-state index in [1.807, 2.05) is 35.1 Å². The Morgan fingerprint density at radius 3 is 2.43 bits per heavy atom. The fourth-order valence-corrected chi connectivity index (χ4v) is 2.95. The number of nitrogens with zero attached hydrogens (tertiary/aromatic N) is 3. The highest BCUT2D eigenvalue weighted by Crippen LogP contribution is 2.22. The first-order valence-electron chi connectivity index (χ1n) is 8.31. The number of likely N-dealkylation sites (tertiary alicyclic amines) is 1. The van der Waals surface area contributed by atoms with Crippen molar-refractivity contribution in [3.05, 3.63) is 42.2 Å². The van der Waals surface area contributed by atoms with Gasteiger partial charge >= 0.3 is 0 Å². The smallest absolute Gasteiger partial charge is 0.119 e. The van der Waals surface area contributed by atoms with Gasteiger partial charge in [-0.3, -0.25) is 9.58 Å². The van der Waals surface area contributed by atoms with Crippen LogP contribution in [0.4, 0.5) is 0 Å². The summed E-state index contributed by atoms with van der Waals surface area (Å²) in [6.07, 6.45) is 6.55. The summed E-state index contributed by atoms with van der Waals surface area (Å²) in [5.74, 6) is 1.79. The summed E-state index contributed by atoms with van der Waals surface area (Å²) in [5.41, 5.74) is 1.29. The van der Waals surface area contributed by atoms with E-state index < -0.39 is 0 Å². The third-order valence-electron chi connectivity index (χ3n) is 4.31. The number of ether oxygens (including phenoxy) is 2. The summed E-state index contributed by atoms with van der Waals surface area (Å²) in [6.45, 7) is 6.15. The number of hydrogen-bond donors (Lipinski definition) is 0. The molecule has 5 heteroatoms. The minimum Gasteiger partial charge on any atom is -0.497 e. The minimum atomic E-state index is 0.304. The van der Waals surface area contributed by atoms with Crippen LogP contribution in [0.1, 0.15) is 25.3 Å². The first-order chi connectivity index (χ1) is 11.3. The summed E-state index contributed by atoms with van der Waals surface area (Å²) in [5, 5.41) is 4.34. The number of methoxy groups -OCH3 is 1. The lowest BCUT2D eigenvalue weighted by molar-refractivity contribution is 0.0967. The first kappa shape index (κ1) is 15.9. The average molecular weight is 315 g/mol. The third-order valence-corrected chi connectivity index (χ3v) is 4.31. The van der Waals surface area contributed by atoms with E-state index in [1.54, 1.807) is 7.11 Å². The van der Waals surface area contributed by atoms with Crippen molar-refractivity contribution in [1.29, 1.82) is 0 Å². The Hall–Kier alpha value is -2.01. The molecule has 0 aliphatic carbocycles. The molecule has 3 rings (SSSR count). The van der Waals surface area contributed by atoms with Gasteiger partial charge in [0.1, 0.15) is 17.6 Å². The largest absolute Gasteiger partial charge is 0.497 e. The van der Waals surface area contributed by atoms with Crippen LogP contribution in [0.5, 0.6) is 11.5 Å². The number of aromatic nitrogens is 2. The van der Waals surface area contributed by atoms with Gasteiger partial charge in [0.25, 0.3) is 0 Å². The van der Waals surface area contributed by atoms with E-state index in [0.717, 1.165) is 50.5 Å². The fourth-order valence-electron chi connectivity index (χ4n) is 2.95. The molecular weight excluding hydrogens is 290 g/mol. The molecule has 1 aliphatic rings. The van der Waals surface area contributed by atoms with Gasteiger partial charge in [0.2, 0.25) is 0 Å². The van der Waals surface area contributed by atoms with E-state index in [2.05, 4.69) is 23.1 Å². The monoisotopic (exact) mass is 315 g/mol. The maximum Gasteiger partial charge on any atom is 0.119 e. The van der Waals surface area contributed by atoms with Crippen molar-refractivity contribution < 1.29 is 9.47 Å². The Balaban J connectivity index is 1.46. The van der Waals surface area contributed by atoms with Crippen LogP contribution in [0.15, 0.2) is 36.7 Å². The van der Waals surface area contributed by atoms with E-state index in [9.17, 15) is 0 Å². The van der Waals surface area contributed by atoms with Crippen LogP contribution in [0.2, 0.25) is 0 Å². The van der Waals surface area contributed by atoms with E-state index in [4.69, 9.17) is 9.47 Å². The topological polar surface area (TPSA) is 39.5 Å². The number of hydrogen-bond acceptors (Lipinski definition) is 4. The molecule has 0 unspecified atom stereocenters. The molecular formula is C18H25N3O2. The lowest BCUT2D eigenvalue weighted by Gasteiger charge is -2.31. The SMILES string of the molecule is CCn1cc(CN2CCC(Oc3ccc(OC)cc3)CC2)cn1. The molecule has 124 valence electrons. The zero-order valence-electron chi connectivity index (χ0n) is 13.9. The van der Waals surface area contributed by atoms with Gasteiger partial charge in [0, 0.05) is 37.9 Å². The minimum absolute atomic E-state index is 0.304. The average Bonchev–Trinajstić information content (AvgIpc) is 3.05. The van der Waals surface area contributed by atoms with Crippen LogP contribution >= 0.6 is 0 Å². The number of rotatable bonds is 6. The van der Waals surface area contributed by atoms with Crippen molar-refractivity contribution in [2.45, 2.75) is 39.0 Å². The molecule has 2 aromatic rings. The molecule has 2 heterocycles. The molecule has 0 atom stereocenters. The molecule has 23 heavy (non-hydrogen) atoms. The van der Waals surface area contributed by atoms with Gasteiger partial charge in [-0.1, -0.05) is 0 Å². The van der Waals surface area contributed by atoms with Crippen LogP contribution < -0.4 is 9.47 Å². The van der Waals surface area contributed by atoms with E-state index in [0.29, 0.717) is 6.10 Å². The zero-order valence-corrected chi connectivity index (χ0v) is 13.9. The molecule has 0 amide bonds. The molecule has 1 aliphatic heterocycles. The van der Waals surface area contributed by atoms with E-state index >= 15 is 0 Å². The van der Waals surface area contributed by atoms with Crippen LogP contribution in [0.3, 0.4) is 0 Å².